The van der Waals surface area contributed by atoms with Crippen LogP contribution in [0.25, 0.3) is 0 Å². The molecule has 0 spiro atoms. The minimum Gasteiger partial charge on any atom is -0.379 e. The molecular weight excluding hydrogens is 451 g/mol. The van der Waals surface area contributed by atoms with Crippen molar-refractivity contribution in [1.29, 1.82) is 0 Å². The Morgan fingerprint density at radius 2 is 2.00 bits per heavy atom. The number of halogens is 2. The molecular formula is C19H24ClFN4O3S2. The molecule has 164 valence electrons. The summed E-state index contributed by atoms with van der Waals surface area (Å²) in [7, 11) is -4.13. The molecule has 0 radical (unpaired) electrons. The van der Waals surface area contributed by atoms with E-state index in [0.717, 1.165) is 69.4 Å². The van der Waals surface area contributed by atoms with Crippen LogP contribution in [0.5, 0.6) is 0 Å². The number of ether oxygens (including phenoxy) is 1. The Bertz CT molecular complexity index is 968. The molecule has 1 aromatic carbocycles. The average Bonchev–Trinajstić information content (AvgIpc) is 3.23. The second-order valence-corrected chi connectivity index (χ2v) is 10.4. The van der Waals surface area contributed by atoms with E-state index in [0.29, 0.717) is 11.7 Å². The number of nitrogens with zero attached hydrogens (tertiary/aromatic N) is 2. The lowest BCUT2D eigenvalue weighted by Crippen LogP contribution is -2.52. The lowest BCUT2D eigenvalue weighted by Gasteiger charge is -2.42. The van der Waals surface area contributed by atoms with E-state index in [4.69, 9.17) is 16.3 Å². The molecule has 2 aliphatic rings. The van der Waals surface area contributed by atoms with Gasteiger partial charge in [-0.1, -0.05) is 24.4 Å². The predicted molar refractivity (Wildman–Crippen MR) is 116 cm³/mol. The Kier molecular flexibility index (Phi) is 6.78. The SMILES string of the molecule is O=S(=O)(Nc1nccs1)c1cc(Cl)c(N[C@H]2CCCC[C@@H]2N2CCOCC2)cc1F. The molecule has 1 saturated heterocycles. The van der Waals surface area contributed by atoms with Gasteiger partial charge in [-0.15, -0.1) is 11.3 Å². The van der Waals surface area contributed by atoms with Crippen LogP contribution in [0, 0.1) is 5.82 Å². The quantitative estimate of drug-likeness (QED) is 0.662. The smallest absolute Gasteiger partial charge is 0.266 e. The summed E-state index contributed by atoms with van der Waals surface area (Å²) in [6.45, 7) is 3.20. The number of thiazole rings is 1. The molecule has 1 aliphatic heterocycles. The fourth-order valence-electron chi connectivity index (χ4n) is 4.11. The molecule has 11 heteroatoms. The highest BCUT2D eigenvalue weighted by Crippen LogP contribution is 2.33. The summed E-state index contributed by atoms with van der Waals surface area (Å²) >= 11 is 7.49. The van der Waals surface area contributed by atoms with Crippen LogP contribution in [0.2, 0.25) is 5.02 Å². The zero-order valence-electron chi connectivity index (χ0n) is 16.3. The Labute approximate surface area is 184 Å². The van der Waals surface area contributed by atoms with E-state index < -0.39 is 20.7 Å². The molecule has 1 aliphatic carbocycles. The van der Waals surface area contributed by atoms with Gasteiger partial charge in [0, 0.05) is 36.8 Å². The van der Waals surface area contributed by atoms with Crippen molar-refractivity contribution in [2.45, 2.75) is 42.7 Å². The first kappa shape index (κ1) is 21.8. The highest BCUT2D eigenvalue weighted by Gasteiger charge is 2.32. The van der Waals surface area contributed by atoms with Crippen LogP contribution in [0.15, 0.2) is 28.6 Å². The second-order valence-electron chi connectivity index (χ2n) is 7.46. The van der Waals surface area contributed by atoms with Gasteiger partial charge in [-0.2, -0.15) is 0 Å². The first-order chi connectivity index (χ1) is 14.4. The topological polar surface area (TPSA) is 83.6 Å². The van der Waals surface area contributed by atoms with Crippen molar-refractivity contribution in [2.75, 3.05) is 36.3 Å². The molecule has 0 amide bonds. The molecule has 7 nitrogen and oxygen atoms in total. The number of hydrogen-bond donors (Lipinski definition) is 2. The lowest BCUT2D eigenvalue weighted by molar-refractivity contribution is 0.00560. The average molecular weight is 475 g/mol. The number of aromatic nitrogens is 1. The van der Waals surface area contributed by atoms with Crippen molar-refractivity contribution in [2.24, 2.45) is 0 Å². The fraction of sp³-hybridized carbons (Fsp3) is 0.526. The van der Waals surface area contributed by atoms with E-state index in [1.807, 2.05) is 0 Å². The molecule has 1 aromatic heterocycles. The summed E-state index contributed by atoms with van der Waals surface area (Å²) < 4.78 is 47.6. The fourth-order valence-corrected chi connectivity index (χ4v) is 6.27. The van der Waals surface area contributed by atoms with E-state index in [-0.39, 0.29) is 16.2 Å². The van der Waals surface area contributed by atoms with Gasteiger partial charge in [-0.3, -0.25) is 9.62 Å². The van der Waals surface area contributed by atoms with Crippen LogP contribution >= 0.6 is 22.9 Å². The van der Waals surface area contributed by atoms with E-state index in [2.05, 4.69) is 19.9 Å². The second kappa shape index (κ2) is 9.35. The lowest BCUT2D eigenvalue weighted by atomic mass is 9.88. The van der Waals surface area contributed by atoms with Gasteiger partial charge in [0.1, 0.15) is 10.7 Å². The maximum atomic E-state index is 14.8. The van der Waals surface area contributed by atoms with Crippen molar-refractivity contribution in [3.63, 3.8) is 0 Å². The van der Waals surface area contributed by atoms with E-state index in [1.54, 1.807) is 5.38 Å². The zero-order chi connectivity index (χ0) is 21.1. The maximum Gasteiger partial charge on any atom is 0.266 e. The Morgan fingerprint density at radius 3 is 2.73 bits per heavy atom. The standard InChI is InChI=1S/C19H24ClFN4O3S2/c20-13-11-18(30(26,27)24-19-22-5-10-29-19)14(21)12-16(13)23-15-3-1-2-4-17(15)25-6-8-28-9-7-25/h5,10-12,15,17,23H,1-4,6-9H2,(H,22,24)/t15-,17-/m0/s1. The highest BCUT2D eigenvalue weighted by molar-refractivity contribution is 7.93. The molecule has 1 saturated carbocycles. The number of morpholine rings is 1. The zero-order valence-corrected chi connectivity index (χ0v) is 18.7. The van der Waals surface area contributed by atoms with Crippen LogP contribution in [-0.4, -0.2) is 56.7 Å². The van der Waals surface area contributed by atoms with Crippen molar-refractivity contribution < 1.29 is 17.5 Å². The number of hydrogen-bond acceptors (Lipinski definition) is 7. The summed E-state index contributed by atoms with van der Waals surface area (Å²) in [5.41, 5.74) is 0.410. The van der Waals surface area contributed by atoms with Crippen molar-refractivity contribution >= 4 is 43.8 Å². The van der Waals surface area contributed by atoms with Gasteiger partial charge in [0.05, 0.1) is 23.9 Å². The first-order valence-corrected chi connectivity index (χ1v) is 12.7. The summed E-state index contributed by atoms with van der Waals surface area (Å²) in [4.78, 5) is 5.79. The number of anilines is 2. The van der Waals surface area contributed by atoms with Crippen LogP contribution in [-0.2, 0) is 14.8 Å². The van der Waals surface area contributed by atoms with Crippen LogP contribution < -0.4 is 10.0 Å². The third-order valence-corrected chi connectivity index (χ3v) is 8.03. The van der Waals surface area contributed by atoms with E-state index >= 15 is 0 Å². The molecule has 4 rings (SSSR count). The molecule has 30 heavy (non-hydrogen) atoms. The normalized spacial score (nSPS) is 23.3. The molecule has 2 atom stereocenters. The predicted octanol–water partition coefficient (Wildman–Crippen LogP) is 3.79. The van der Waals surface area contributed by atoms with Gasteiger partial charge in [0.15, 0.2) is 5.13 Å². The van der Waals surface area contributed by atoms with Crippen LogP contribution in [0.1, 0.15) is 25.7 Å². The number of sulfonamides is 1. The summed E-state index contributed by atoms with van der Waals surface area (Å²) in [6.07, 6.45) is 5.71. The van der Waals surface area contributed by atoms with E-state index in [1.165, 1.54) is 12.3 Å². The molecule has 2 N–H and O–H groups in total. The minimum absolute atomic E-state index is 0.115. The first-order valence-electron chi connectivity index (χ1n) is 9.94. The summed E-state index contributed by atoms with van der Waals surface area (Å²) in [5, 5.41) is 5.35. The largest absolute Gasteiger partial charge is 0.379 e. The van der Waals surface area contributed by atoms with Gasteiger partial charge < -0.3 is 10.1 Å². The van der Waals surface area contributed by atoms with Gasteiger partial charge >= 0.3 is 0 Å². The third-order valence-electron chi connectivity index (χ3n) is 5.55. The molecule has 2 aromatic rings. The number of nitrogens with one attached hydrogen (secondary N) is 2. The Morgan fingerprint density at radius 1 is 1.23 bits per heavy atom. The summed E-state index contributed by atoms with van der Waals surface area (Å²) in [6, 6.07) is 2.76. The number of benzene rings is 1. The molecule has 2 fully saturated rings. The van der Waals surface area contributed by atoms with Crippen molar-refractivity contribution in [3.05, 3.63) is 34.5 Å². The Balaban J connectivity index is 1.54. The molecule has 2 heterocycles. The van der Waals surface area contributed by atoms with Crippen molar-refractivity contribution in [1.82, 2.24) is 9.88 Å². The third kappa shape index (κ3) is 4.88. The van der Waals surface area contributed by atoms with Gasteiger partial charge in [0.2, 0.25) is 0 Å². The van der Waals surface area contributed by atoms with Crippen LogP contribution in [0.4, 0.5) is 15.2 Å². The van der Waals surface area contributed by atoms with Gasteiger partial charge in [-0.05, 0) is 25.0 Å². The highest BCUT2D eigenvalue weighted by atomic mass is 35.5. The molecule has 0 bridgehead atoms. The van der Waals surface area contributed by atoms with Gasteiger partial charge in [0.25, 0.3) is 10.0 Å². The minimum atomic E-state index is -4.13. The summed E-state index contributed by atoms with van der Waals surface area (Å²) in [5.74, 6) is -0.857. The van der Waals surface area contributed by atoms with Gasteiger partial charge in [-0.25, -0.2) is 17.8 Å². The monoisotopic (exact) mass is 474 g/mol. The number of rotatable bonds is 6. The maximum absolute atomic E-state index is 14.8. The molecule has 0 unspecified atom stereocenters. The Hall–Kier alpha value is -1.46. The van der Waals surface area contributed by atoms with Crippen molar-refractivity contribution in [3.8, 4) is 0 Å². The van der Waals surface area contributed by atoms with Crippen LogP contribution in [0.3, 0.4) is 0 Å². The van der Waals surface area contributed by atoms with E-state index in [9.17, 15) is 12.8 Å².